The van der Waals surface area contributed by atoms with Crippen LogP contribution in [-0.2, 0) is 13.0 Å². The summed E-state index contributed by atoms with van der Waals surface area (Å²) in [5.74, 6) is 0.0450. The van der Waals surface area contributed by atoms with E-state index < -0.39 is 0 Å². The molecule has 0 saturated carbocycles. The normalized spacial score (nSPS) is 13.8. The molecule has 3 aromatic heterocycles. The summed E-state index contributed by atoms with van der Waals surface area (Å²) in [6.07, 6.45) is 6.30. The van der Waals surface area contributed by atoms with Crippen molar-refractivity contribution in [2.45, 2.75) is 26.3 Å². The van der Waals surface area contributed by atoms with E-state index in [4.69, 9.17) is 0 Å². The molecule has 0 N–H and O–H groups in total. The van der Waals surface area contributed by atoms with Crippen molar-refractivity contribution in [3.8, 4) is 0 Å². The maximum absolute atomic E-state index is 13.1. The molecule has 1 saturated heterocycles. The predicted octanol–water partition coefficient (Wildman–Crippen LogP) is 4.65. The molecule has 33 heavy (non-hydrogen) atoms. The van der Waals surface area contributed by atoms with E-state index in [9.17, 15) is 9.59 Å². The highest BCUT2D eigenvalue weighted by Crippen LogP contribution is 2.30. The second-order valence-corrected chi connectivity index (χ2v) is 9.01. The van der Waals surface area contributed by atoms with Gasteiger partial charge in [-0.15, -0.1) is 0 Å². The van der Waals surface area contributed by atoms with E-state index in [1.807, 2.05) is 49.4 Å². The van der Waals surface area contributed by atoms with Crippen LogP contribution in [0.25, 0.3) is 10.8 Å². The molecule has 4 aromatic rings. The Labute approximate surface area is 195 Å². The van der Waals surface area contributed by atoms with Crippen LogP contribution in [0, 0.1) is 6.92 Å². The van der Waals surface area contributed by atoms with E-state index in [1.54, 1.807) is 28.4 Å². The number of hydrogen-bond acceptors (Lipinski definition) is 6. The standard InChI is InChI=1S/C25H23N5O2S/c1-17-23(22(31)9-8-18-5-4-11-26-15-18)33-24(28-17)30-14-13-29(25(30)32)16-21-20-7-3-2-6-19(20)10-12-27-21/h2-7,10-12,15H,8-9,13-14,16H2,1H3. The second kappa shape index (κ2) is 9.07. The molecule has 0 aliphatic carbocycles. The van der Waals surface area contributed by atoms with Gasteiger partial charge in [0.05, 0.1) is 22.8 Å². The van der Waals surface area contributed by atoms with Gasteiger partial charge in [-0.1, -0.05) is 41.7 Å². The van der Waals surface area contributed by atoms with Gasteiger partial charge >= 0.3 is 6.03 Å². The van der Waals surface area contributed by atoms with E-state index in [0.29, 0.717) is 48.2 Å². The largest absolute Gasteiger partial charge is 0.326 e. The molecule has 1 fully saturated rings. The summed E-state index contributed by atoms with van der Waals surface area (Å²) in [4.78, 5) is 43.2. The third-order valence-electron chi connectivity index (χ3n) is 5.82. The van der Waals surface area contributed by atoms with Gasteiger partial charge in [0.1, 0.15) is 0 Å². The molecule has 1 aliphatic rings. The summed E-state index contributed by atoms with van der Waals surface area (Å²) in [7, 11) is 0. The van der Waals surface area contributed by atoms with Gasteiger partial charge in [-0.2, -0.15) is 0 Å². The number of benzene rings is 1. The first kappa shape index (κ1) is 21.2. The fraction of sp³-hybridized carbons (Fsp3) is 0.240. The average Bonchev–Trinajstić information content (AvgIpc) is 3.40. The van der Waals surface area contributed by atoms with Gasteiger partial charge in [-0.25, -0.2) is 9.78 Å². The van der Waals surface area contributed by atoms with Gasteiger partial charge in [-0.05, 0) is 36.4 Å². The van der Waals surface area contributed by atoms with Gasteiger partial charge in [0.25, 0.3) is 0 Å². The molecule has 0 unspecified atom stereocenters. The van der Waals surface area contributed by atoms with Crippen LogP contribution < -0.4 is 4.90 Å². The van der Waals surface area contributed by atoms with Crippen LogP contribution in [0.2, 0.25) is 0 Å². The van der Waals surface area contributed by atoms with Crippen LogP contribution in [0.15, 0.2) is 61.1 Å². The lowest BCUT2D eigenvalue weighted by Gasteiger charge is -2.17. The number of carbonyl (C=O) groups excluding carboxylic acids is 2. The number of pyridine rings is 2. The minimum atomic E-state index is -0.104. The first-order valence-corrected chi connectivity index (χ1v) is 11.7. The second-order valence-electron chi connectivity index (χ2n) is 8.03. The minimum absolute atomic E-state index is 0.0450. The highest BCUT2D eigenvalue weighted by Gasteiger charge is 2.33. The first-order chi connectivity index (χ1) is 16.1. The number of amides is 2. The molecule has 8 heteroatoms. The molecule has 166 valence electrons. The zero-order valence-corrected chi connectivity index (χ0v) is 19.1. The molecular weight excluding hydrogens is 434 g/mol. The maximum Gasteiger partial charge on any atom is 0.326 e. The van der Waals surface area contributed by atoms with Crippen molar-refractivity contribution >= 4 is 39.1 Å². The van der Waals surface area contributed by atoms with Crippen molar-refractivity contribution < 1.29 is 9.59 Å². The summed E-state index contributed by atoms with van der Waals surface area (Å²) in [6, 6.07) is 13.8. The van der Waals surface area contributed by atoms with Crippen LogP contribution in [0.1, 0.15) is 33.0 Å². The summed E-state index contributed by atoms with van der Waals surface area (Å²) in [5.41, 5.74) is 2.58. The number of rotatable bonds is 7. The summed E-state index contributed by atoms with van der Waals surface area (Å²) in [6.45, 7) is 3.40. The van der Waals surface area contributed by atoms with Gasteiger partial charge < -0.3 is 4.90 Å². The maximum atomic E-state index is 13.1. The van der Waals surface area contributed by atoms with E-state index in [1.165, 1.54) is 11.3 Å². The minimum Gasteiger partial charge on any atom is -0.317 e. The Morgan fingerprint density at radius 2 is 1.97 bits per heavy atom. The lowest BCUT2D eigenvalue weighted by atomic mass is 10.1. The third kappa shape index (κ3) is 4.34. The van der Waals surface area contributed by atoms with Crippen molar-refractivity contribution in [2.75, 3.05) is 18.0 Å². The predicted molar refractivity (Wildman–Crippen MR) is 129 cm³/mol. The van der Waals surface area contributed by atoms with Crippen LogP contribution in [-0.4, -0.2) is 44.8 Å². The highest BCUT2D eigenvalue weighted by molar-refractivity contribution is 7.17. The Balaban J connectivity index is 1.28. The number of hydrogen-bond donors (Lipinski definition) is 0. The first-order valence-electron chi connectivity index (χ1n) is 10.9. The number of ketones is 1. The number of fused-ring (bicyclic) bond motifs is 1. The molecule has 4 heterocycles. The topological polar surface area (TPSA) is 79.3 Å². The lowest BCUT2D eigenvalue weighted by Crippen LogP contribution is -2.31. The smallest absolute Gasteiger partial charge is 0.317 e. The summed E-state index contributed by atoms with van der Waals surface area (Å²) in [5, 5.41) is 2.74. The molecule has 5 rings (SSSR count). The number of urea groups is 1. The molecule has 0 atom stereocenters. The molecular formula is C25H23N5O2S. The van der Waals surface area contributed by atoms with Crippen molar-refractivity contribution in [2.24, 2.45) is 0 Å². The molecule has 1 aliphatic heterocycles. The van der Waals surface area contributed by atoms with Crippen molar-refractivity contribution in [3.63, 3.8) is 0 Å². The molecule has 0 bridgehead atoms. The Morgan fingerprint density at radius 3 is 2.82 bits per heavy atom. The Morgan fingerprint density at radius 1 is 1.09 bits per heavy atom. The Bertz CT molecular complexity index is 1320. The molecule has 0 spiro atoms. The lowest BCUT2D eigenvalue weighted by molar-refractivity contribution is 0.0986. The van der Waals surface area contributed by atoms with Crippen molar-refractivity contribution in [1.29, 1.82) is 0 Å². The van der Waals surface area contributed by atoms with Crippen LogP contribution in [0.5, 0.6) is 0 Å². The van der Waals surface area contributed by atoms with Gasteiger partial charge in [-0.3, -0.25) is 19.7 Å². The van der Waals surface area contributed by atoms with Gasteiger partial charge in [0.15, 0.2) is 10.9 Å². The molecule has 0 radical (unpaired) electrons. The van der Waals surface area contributed by atoms with E-state index >= 15 is 0 Å². The number of anilines is 1. The van der Waals surface area contributed by atoms with E-state index in [0.717, 1.165) is 22.0 Å². The van der Waals surface area contributed by atoms with Gasteiger partial charge in [0, 0.05) is 43.5 Å². The van der Waals surface area contributed by atoms with Crippen LogP contribution >= 0.6 is 11.3 Å². The fourth-order valence-corrected chi connectivity index (χ4v) is 5.12. The van der Waals surface area contributed by atoms with Crippen LogP contribution in [0.3, 0.4) is 0 Å². The molecule has 2 amide bonds. The summed E-state index contributed by atoms with van der Waals surface area (Å²) < 4.78 is 0. The van der Waals surface area contributed by atoms with Gasteiger partial charge in [0.2, 0.25) is 0 Å². The van der Waals surface area contributed by atoms with Crippen molar-refractivity contribution in [1.82, 2.24) is 19.9 Å². The van der Waals surface area contributed by atoms with E-state index in [-0.39, 0.29) is 11.8 Å². The number of nitrogens with zero attached hydrogens (tertiary/aromatic N) is 5. The Kier molecular flexibility index (Phi) is 5.83. The number of thiazole rings is 1. The highest BCUT2D eigenvalue weighted by atomic mass is 32.1. The van der Waals surface area contributed by atoms with Crippen LogP contribution in [0.4, 0.5) is 9.93 Å². The number of Topliss-reactive ketones (excluding diaryl/α,β-unsaturated/α-hetero) is 1. The monoisotopic (exact) mass is 457 g/mol. The Hall–Kier alpha value is -3.65. The zero-order chi connectivity index (χ0) is 22.8. The number of aromatic nitrogens is 3. The SMILES string of the molecule is Cc1nc(N2CCN(Cc3nccc4ccccc34)C2=O)sc1C(=O)CCc1cccnc1. The molecule has 1 aromatic carbocycles. The summed E-state index contributed by atoms with van der Waals surface area (Å²) >= 11 is 1.30. The zero-order valence-electron chi connectivity index (χ0n) is 18.3. The third-order valence-corrected chi connectivity index (χ3v) is 7.05. The number of carbonyl (C=O) groups is 2. The molecule has 7 nitrogen and oxygen atoms in total. The van der Waals surface area contributed by atoms with Crippen molar-refractivity contribution in [3.05, 3.63) is 82.9 Å². The van der Waals surface area contributed by atoms with E-state index in [2.05, 4.69) is 15.0 Å². The fourth-order valence-electron chi connectivity index (χ4n) is 4.07. The average molecular weight is 458 g/mol. The number of aryl methyl sites for hydroxylation is 2. The quantitative estimate of drug-likeness (QED) is 0.377.